The number of carbonyl (C=O) groups is 2. The highest BCUT2D eigenvalue weighted by molar-refractivity contribution is 7.71. The van der Waals surface area contributed by atoms with Crippen molar-refractivity contribution in [1.29, 1.82) is 0 Å². The number of aryl methyl sites for hydroxylation is 1. The minimum absolute atomic E-state index is 0.0833. The van der Waals surface area contributed by atoms with Gasteiger partial charge in [0.1, 0.15) is 16.5 Å². The van der Waals surface area contributed by atoms with E-state index in [2.05, 4.69) is 0 Å². The molecule has 0 unspecified atom stereocenters. The Kier molecular flexibility index (Phi) is 6.36. The van der Waals surface area contributed by atoms with Crippen LogP contribution in [0.4, 0.5) is 4.39 Å². The lowest BCUT2D eigenvalue weighted by molar-refractivity contribution is 0.0695. The Hall–Kier alpha value is -3.72. The van der Waals surface area contributed by atoms with Crippen LogP contribution in [0.3, 0.4) is 0 Å². The first-order valence-electron chi connectivity index (χ1n) is 8.96. The number of carboxylic acids is 2. The fourth-order valence-corrected chi connectivity index (χ4v) is 3.60. The zero-order chi connectivity index (χ0) is 22.7. The summed E-state index contributed by atoms with van der Waals surface area (Å²) >= 11 is 0. The third-order valence-electron chi connectivity index (χ3n) is 4.53. The first kappa shape index (κ1) is 22.0. The summed E-state index contributed by atoms with van der Waals surface area (Å²) in [6.07, 6.45) is 0. The molecule has 3 aromatic rings. The average molecular weight is 444 g/mol. The zero-order valence-electron chi connectivity index (χ0n) is 16.2. The van der Waals surface area contributed by atoms with Gasteiger partial charge >= 0.3 is 11.9 Å². The van der Waals surface area contributed by atoms with E-state index in [1.54, 1.807) is 6.07 Å². The normalized spacial score (nSPS) is 10.8. The van der Waals surface area contributed by atoms with Crippen LogP contribution in [-0.2, 0) is 16.5 Å². The average Bonchev–Trinajstić information content (AvgIpc) is 2.69. The monoisotopic (exact) mass is 444 g/mol. The number of hydrogen-bond acceptors (Lipinski definition) is 5. The summed E-state index contributed by atoms with van der Waals surface area (Å²) in [4.78, 5) is 23.3. The Balaban J connectivity index is 2.26. The summed E-state index contributed by atoms with van der Waals surface area (Å²) in [6.45, 7) is 1.51. The summed E-state index contributed by atoms with van der Waals surface area (Å²) < 4.78 is 42.1. The molecule has 0 saturated heterocycles. The molecule has 0 atom stereocenters. The molecule has 0 spiro atoms. The van der Waals surface area contributed by atoms with Crippen LogP contribution in [0.5, 0.6) is 11.5 Å². The summed E-state index contributed by atoms with van der Waals surface area (Å²) in [5.74, 6) is -3.63. The van der Waals surface area contributed by atoms with Crippen LogP contribution in [0.1, 0.15) is 31.8 Å². The van der Waals surface area contributed by atoms with Gasteiger partial charge in [0.15, 0.2) is 11.6 Å². The van der Waals surface area contributed by atoms with Gasteiger partial charge in [-0.25, -0.2) is 22.4 Å². The van der Waals surface area contributed by atoms with Crippen LogP contribution in [-0.4, -0.2) is 30.6 Å². The summed E-state index contributed by atoms with van der Waals surface area (Å²) in [5, 5.41) is 19.0. The number of para-hydroxylation sites is 1. The predicted octanol–water partition coefficient (Wildman–Crippen LogP) is 4.10. The van der Waals surface area contributed by atoms with Gasteiger partial charge < -0.3 is 14.9 Å². The van der Waals surface area contributed by atoms with E-state index in [-0.39, 0.29) is 39.5 Å². The van der Waals surface area contributed by atoms with E-state index in [1.807, 2.05) is 0 Å². The molecule has 0 radical (unpaired) electrons. The van der Waals surface area contributed by atoms with Gasteiger partial charge in [0.25, 0.3) is 0 Å². The molecule has 2 N–H and O–H groups in total. The van der Waals surface area contributed by atoms with Crippen LogP contribution < -0.4 is 4.74 Å². The van der Waals surface area contributed by atoms with Gasteiger partial charge in [-0.15, -0.1) is 0 Å². The van der Waals surface area contributed by atoms with Crippen LogP contribution in [0.15, 0.2) is 54.6 Å². The Morgan fingerprint density at radius 1 is 0.903 bits per heavy atom. The molecule has 0 heterocycles. The summed E-state index contributed by atoms with van der Waals surface area (Å²) in [7, 11) is -2.76. The fraction of sp³-hybridized carbons (Fsp3) is 0.0909. The van der Waals surface area contributed by atoms with Gasteiger partial charge in [-0.1, -0.05) is 18.2 Å². The SMILES string of the molecule is Cc1cc(-c2cc(C[SH](=O)=O)ccc2Oc2ccccc2F)c(C(=O)O)cc1C(=O)O. The molecule has 9 heteroatoms. The molecule has 0 aliphatic heterocycles. The minimum atomic E-state index is -2.76. The van der Waals surface area contributed by atoms with E-state index < -0.39 is 28.5 Å². The highest BCUT2D eigenvalue weighted by Gasteiger charge is 2.21. The van der Waals surface area contributed by atoms with Crippen molar-refractivity contribution in [2.45, 2.75) is 12.7 Å². The predicted molar refractivity (Wildman–Crippen MR) is 111 cm³/mol. The molecule has 31 heavy (non-hydrogen) atoms. The van der Waals surface area contributed by atoms with Crippen molar-refractivity contribution in [3.8, 4) is 22.6 Å². The molecule has 160 valence electrons. The molecule has 0 amide bonds. The number of thiol groups is 1. The van der Waals surface area contributed by atoms with E-state index in [0.717, 1.165) is 6.07 Å². The van der Waals surface area contributed by atoms with E-state index in [4.69, 9.17) is 4.74 Å². The number of hydrogen-bond donors (Lipinski definition) is 3. The molecule has 0 aromatic heterocycles. The maximum atomic E-state index is 14.1. The summed E-state index contributed by atoms with van der Waals surface area (Å²) in [6, 6.07) is 12.4. The van der Waals surface area contributed by atoms with E-state index in [9.17, 15) is 32.6 Å². The molecule has 0 aliphatic carbocycles. The maximum absolute atomic E-state index is 14.1. The number of rotatable bonds is 7. The Morgan fingerprint density at radius 2 is 1.58 bits per heavy atom. The van der Waals surface area contributed by atoms with Crippen LogP contribution in [0, 0.1) is 12.7 Å². The topological polar surface area (TPSA) is 118 Å². The van der Waals surface area contributed by atoms with Crippen molar-refractivity contribution in [3.05, 3.63) is 82.7 Å². The Labute approximate surface area is 178 Å². The molecule has 3 rings (SSSR count). The lowest BCUT2D eigenvalue weighted by Gasteiger charge is -2.16. The lowest BCUT2D eigenvalue weighted by Crippen LogP contribution is -2.07. The van der Waals surface area contributed by atoms with Gasteiger partial charge in [-0.3, -0.25) is 0 Å². The van der Waals surface area contributed by atoms with Crippen molar-refractivity contribution in [2.24, 2.45) is 0 Å². The van der Waals surface area contributed by atoms with E-state index in [0.29, 0.717) is 11.1 Å². The van der Waals surface area contributed by atoms with Gasteiger partial charge in [0.2, 0.25) is 0 Å². The number of carboxylic acid groups (broad SMARTS) is 2. The molecule has 7 nitrogen and oxygen atoms in total. The van der Waals surface area contributed by atoms with E-state index >= 15 is 0 Å². The van der Waals surface area contributed by atoms with Gasteiger partial charge in [0.05, 0.1) is 16.9 Å². The number of halogens is 1. The Bertz CT molecular complexity index is 1260. The molecule has 3 aromatic carbocycles. The molecule has 0 saturated carbocycles. The van der Waals surface area contributed by atoms with Gasteiger partial charge in [0, 0.05) is 11.1 Å². The van der Waals surface area contributed by atoms with Gasteiger partial charge in [-0.2, -0.15) is 0 Å². The molecular formula is C22H17FO7S. The third kappa shape index (κ3) is 4.89. The lowest BCUT2D eigenvalue weighted by atomic mass is 9.92. The Morgan fingerprint density at radius 3 is 2.19 bits per heavy atom. The smallest absolute Gasteiger partial charge is 0.336 e. The highest BCUT2D eigenvalue weighted by atomic mass is 32.2. The second-order valence-corrected chi connectivity index (χ2v) is 7.66. The largest absolute Gasteiger partial charge is 0.478 e. The van der Waals surface area contributed by atoms with Gasteiger partial charge in [-0.05, 0) is 54.4 Å². The van der Waals surface area contributed by atoms with Crippen LogP contribution in [0.25, 0.3) is 11.1 Å². The third-order valence-corrected chi connectivity index (χ3v) is 5.15. The number of benzene rings is 3. The number of ether oxygens (including phenoxy) is 1. The zero-order valence-corrected chi connectivity index (χ0v) is 17.1. The minimum Gasteiger partial charge on any atom is -0.478 e. The van der Waals surface area contributed by atoms with Crippen molar-refractivity contribution in [3.63, 3.8) is 0 Å². The van der Waals surface area contributed by atoms with Crippen LogP contribution in [0.2, 0.25) is 0 Å². The van der Waals surface area contributed by atoms with Crippen molar-refractivity contribution in [1.82, 2.24) is 0 Å². The van der Waals surface area contributed by atoms with Crippen molar-refractivity contribution in [2.75, 3.05) is 0 Å². The quantitative estimate of drug-likeness (QED) is 0.470. The van der Waals surface area contributed by atoms with Crippen LogP contribution >= 0.6 is 0 Å². The second kappa shape index (κ2) is 8.97. The maximum Gasteiger partial charge on any atom is 0.336 e. The number of aromatic carboxylic acids is 2. The summed E-state index contributed by atoms with van der Waals surface area (Å²) in [5.41, 5.74) is 0.467. The standard InChI is InChI=1S/C22H17FO7S/c1-12-8-15(17(22(26)27)10-14(12)21(24)25)16-9-13(11-31(28)29)6-7-19(16)30-20-5-3-2-4-18(20)23/h2-10,31H,11H2,1H3,(H,24,25)(H,26,27). The molecule has 0 bridgehead atoms. The molecule has 0 fully saturated rings. The first-order chi connectivity index (χ1) is 14.7. The van der Waals surface area contributed by atoms with Crippen molar-refractivity contribution < 1.29 is 37.3 Å². The fourth-order valence-electron chi connectivity index (χ4n) is 3.11. The second-order valence-electron chi connectivity index (χ2n) is 6.68. The van der Waals surface area contributed by atoms with Crippen molar-refractivity contribution >= 4 is 22.6 Å². The van der Waals surface area contributed by atoms with E-state index in [1.165, 1.54) is 49.4 Å². The molecular weight excluding hydrogens is 427 g/mol. The first-order valence-corrected chi connectivity index (χ1v) is 10.3. The molecule has 0 aliphatic rings. The highest BCUT2D eigenvalue weighted by Crippen LogP contribution is 2.38.